The average molecular weight is 468 g/mol. The van der Waals surface area contributed by atoms with E-state index in [9.17, 15) is 4.79 Å². The number of unbranched alkanes of at least 4 members (excludes halogenated alkanes) is 1. The van der Waals surface area contributed by atoms with E-state index in [4.69, 9.17) is 14.5 Å². The molecule has 0 saturated carbocycles. The average Bonchev–Trinajstić information content (AvgIpc) is 2.89. The van der Waals surface area contributed by atoms with E-state index in [-0.39, 0.29) is 5.91 Å². The third-order valence-electron chi connectivity index (χ3n) is 5.45. The molecule has 4 aromatic rings. The van der Waals surface area contributed by atoms with Gasteiger partial charge in [-0.05, 0) is 79.6 Å². The minimum atomic E-state index is -0.299. The Morgan fingerprint density at radius 1 is 0.943 bits per heavy atom. The number of hydrogen-bond acceptors (Lipinski definition) is 5. The van der Waals surface area contributed by atoms with Gasteiger partial charge in [-0.2, -0.15) is 5.10 Å². The van der Waals surface area contributed by atoms with E-state index in [0.29, 0.717) is 24.5 Å². The molecule has 3 aromatic carbocycles. The second-order valence-electron chi connectivity index (χ2n) is 8.00. The lowest BCUT2D eigenvalue weighted by atomic mass is 10.0. The smallest absolute Gasteiger partial charge is 0.272 e. The fraction of sp³-hybridized carbons (Fsp3) is 0.207. The Balaban J connectivity index is 1.51. The van der Waals surface area contributed by atoms with Gasteiger partial charge in [0.1, 0.15) is 11.5 Å². The van der Waals surface area contributed by atoms with Crippen molar-refractivity contribution in [2.75, 3.05) is 13.2 Å². The number of aromatic nitrogens is 1. The largest absolute Gasteiger partial charge is 0.494 e. The number of nitrogens with zero attached hydrogens (tertiary/aromatic N) is 2. The summed E-state index contributed by atoms with van der Waals surface area (Å²) in [5.74, 6) is 1.32. The fourth-order valence-corrected chi connectivity index (χ4v) is 3.61. The predicted octanol–water partition coefficient (Wildman–Crippen LogP) is 6.24. The summed E-state index contributed by atoms with van der Waals surface area (Å²) in [6.07, 6.45) is 3.74. The molecule has 0 bridgehead atoms. The van der Waals surface area contributed by atoms with Crippen LogP contribution >= 0.6 is 0 Å². The van der Waals surface area contributed by atoms with Gasteiger partial charge in [0.05, 0.1) is 36.2 Å². The Bertz CT molecular complexity index is 1300. The van der Waals surface area contributed by atoms with Gasteiger partial charge in [-0.3, -0.25) is 4.79 Å². The summed E-state index contributed by atoms with van der Waals surface area (Å²) in [5, 5.41) is 4.93. The minimum Gasteiger partial charge on any atom is -0.494 e. The Kier molecular flexibility index (Phi) is 8.07. The molecule has 35 heavy (non-hydrogen) atoms. The van der Waals surface area contributed by atoms with Gasteiger partial charge in [0.2, 0.25) is 0 Å². The summed E-state index contributed by atoms with van der Waals surface area (Å²) in [6.45, 7) is 5.39. The van der Waals surface area contributed by atoms with Crippen LogP contribution < -0.4 is 14.9 Å². The number of benzene rings is 3. The molecule has 4 rings (SSSR count). The molecule has 0 fully saturated rings. The molecule has 6 heteroatoms. The molecule has 0 unspecified atom stereocenters. The first kappa shape index (κ1) is 24.0. The molecule has 0 spiro atoms. The van der Waals surface area contributed by atoms with Crippen molar-refractivity contribution >= 4 is 23.0 Å². The summed E-state index contributed by atoms with van der Waals surface area (Å²) in [6, 6.07) is 24.7. The van der Waals surface area contributed by atoms with Crippen molar-refractivity contribution in [1.29, 1.82) is 0 Å². The normalized spacial score (nSPS) is 11.0. The molecule has 1 aromatic heterocycles. The summed E-state index contributed by atoms with van der Waals surface area (Å²) in [5.41, 5.74) is 6.38. The van der Waals surface area contributed by atoms with Gasteiger partial charge in [0, 0.05) is 10.9 Å². The van der Waals surface area contributed by atoms with Crippen molar-refractivity contribution in [2.24, 2.45) is 5.10 Å². The monoisotopic (exact) mass is 467 g/mol. The summed E-state index contributed by atoms with van der Waals surface area (Å²) < 4.78 is 11.2. The first-order chi connectivity index (χ1) is 17.2. The molecular weight excluding hydrogens is 438 g/mol. The third kappa shape index (κ3) is 6.23. The van der Waals surface area contributed by atoms with Crippen LogP contribution in [-0.2, 0) is 0 Å². The van der Waals surface area contributed by atoms with Crippen molar-refractivity contribution in [2.45, 2.75) is 26.7 Å². The summed E-state index contributed by atoms with van der Waals surface area (Å²) in [7, 11) is 0. The maximum Gasteiger partial charge on any atom is 0.272 e. The molecule has 178 valence electrons. The van der Waals surface area contributed by atoms with E-state index in [1.807, 2.05) is 79.7 Å². The molecule has 6 nitrogen and oxygen atoms in total. The molecule has 0 saturated heterocycles. The third-order valence-corrected chi connectivity index (χ3v) is 5.45. The minimum absolute atomic E-state index is 0.299. The quantitative estimate of drug-likeness (QED) is 0.170. The number of hydrazone groups is 1. The molecule has 1 heterocycles. The van der Waals surface area contributed by atoms with Crippen LogP contribution in [0.15, 0.2) is 84.0 Å². The van der Waals surface area contributed by atoms with Gasteiger partial charge >= 0.3 is 0 Å². The molecular formula is C29H29N3O3. The number of rotatable bonds is 10. The van der Waals surface area contributed by atoms with E-state index in [1.54, 1.807) is 12.3 Å². The number of carbonyl (C=O) groups excluding carboxylic acids is 1. The maximum atomic E-state index is 13.1. The highest BCUT2D eigenvalue weighted by Crippen LogP contribution is 2.26. The number of amides is 1. The van der Waals surface area contributed by atoms with Gasteiger partial charge in [-0.25, -0.2) is 10.4 Å². The van der Waals surface area contributed by atoms with Crippen LogP contribution in [0.2, 0.25) is 0 Å². The van der Waals surface area contributed by atoms with E-state index in [2.05, 4.69) is 17.5 Å². The number of nitrogens with one attached hydrogen (secondary N) is 1. The van der Waals surface area contributed by atoms with Crippen LogP contribution in [-0.4, -0.2) is 30.3 Å². The lowest BCUT2D eigenvalue weighted by Gasteiger charge is -2.10. The van der Waals surface area contributed by atoms with Gasteiger partial charge < -0.3 is 9.47 Å². The van der Waals surface area contributed by atoms with Crippen LogP contribution in [0.1, 0.15) is 42.6 Å². The summed E-state index contributed by atoms with van der Waals surface area (Å²) in [4.78, 5) is 17.8. The highest BCUT2D eigenvalue weighted by atomic mass is 16.5. The second kappa shape index (κ2) is 11.8. The van der Waals surface area contributed by atoms with Crippen molar-refractivity contribution in [1.82, 2.24) is 10.4 Å². The molecule has 0 aliphatic heterocycles. The van der Waals surface area contributed by atoms with Crippen LogP contribution in [0, 0.1) is 0 Å². The van der Waals surface area contributed by atoms with Crippen molar-refractivity contribution in [3.05, 3.63) is 90.0 Å². The number of hydrogen-bond donors (Lipinski definition) is 1. The van der Waals surface area contributed by atoms with E-state index < -0.39 is 0 Å². The SMILES string of the molecule is CCCCOc1ccc(C=NNC(=O)c2cc(-c3ccc(OCC)cc3)nc3ccccc23)cc1. The molecule has 0 aliphatic rings. The Hall–Kier alpha value is -4.19. The second-order valence-corrected chi connectivity index (χ2v) is 8.00. The number of para-hydroxylation sites is 1. The predicted molar refractivity (Wildman–Crippen MR) is 140 cm³/mol. The van der Waals surface area contributed by atoms with Crippen molar-refractivity contribution in [3.8, 4) is 22.8 Å². The highest BCUT2D eigenvalue weighted by Gasteiger charge is 2.13. The van der Waals surface area contributed by atoms with E-state index in [1.165, 1.54) is 0 Å². The molecule has 1 amide bonds. The van der Waals surface area contributed by atoms with Gasteiger partial charge in [0.25, 0.3) is 5.91 Å². The zero-order valence-electron chi connectivity index (χ0n) is 20.0. The van der Waals surface area contributed by atoms with Crippen molar-refractivity contribution in [3.63, 3.8) is 0 Å². The lowest BCUT2D eigenvalue weighted by molar-refractivity contribution is 0.0956. The van der Waals surface area contributed by atoms with Gasteiger partial charge in [-0.15, -0.1) is 0 Å². The van der Waals surface area contributed by atoms with Crippen LogP contribution in [0.5, 0.6) is 11.5 Å². The zero-order chi connectivity index (χ0) is 24.5. The zero-order valence-corrected chi connectivity index (χ0v) is 20.0. The van der Waals surface area contributed by atoms with Crippen LogP contribution in [0.25, 0.3) is 22.2 Å². The van der Waals surface area contributed by atoms with E-state index >= 15 is 0 Å². The highest BCUT2D eigenvalue weighted by molar-refractivity contribution is 6.07. The first-order valence-corrected chi connectivity index (χ1v) is 11.9. The first-order valence-electron chi connectivity index (χ1n) is 11.9. The topological polar surface area (TPSA) is 72.8 Å². The van der Waals surface area contributed by atoms with Gasteiger partial charge in [-0.1, -0.05) is 31.5 Å². The standard InChI is InChI=1S/C29H29N3O3/c1-3-5-18-35-24-14-10-21(11-15-24)20-30-32-29(33)26-19-28(31-27-9-7-6-8-25(26)27)22-12-16-23(17-13-22)34-4-2/h6-17,19-20H,3-5,18H2,1-2H3,(H,32,33). The molecule has 0 atom stereocenters. The lowest BCUT2D eigenvalue weighted by Crippen LogP contribution is -2.18. The van der Waals surface area contributed by atoms with Crippen molar-refractivity contribution < 1.29 is 14.3 Å². The Labute approximate surface area is 205 Å². The fourth-order valence-electron chi connectivity index (χ4n) is 3.61. The molecule has 0 radical (unpaired) electrons. The van der Waals surface area contributed by atoms with E-state index in [0.717, 1.165) is 46.4 Å². The number of fused-ring (bicyclic) bond motifs is 1. The molecule has 1 N–H and O–H groups in total. The van der Waals surface area contributed by atoms with Crippen LogP contribution in [0.4, 0.5) is 0 Å². The molecule has 0 aliphatic carbocycles. The summed E-state index contributed by atoms with van der Waals surface area (Å²) >= 11 is 0. The number of pyridine rings is 1. The Morgan fingerprint density at radius 2 is 1.66 bits per heavy atom. The van der Waals surface area contributed by atoms with Gasteiger partial charge in [0.15, 0.2) is 0 Å². The number of ether oxygens (including phenoxy) is 2. The number of carbonyl (C=O) groups is 1. The Morgan fingerprint density at radius 3 is 2.40 bits per heavy atom. The van der Waals surface area contributed by atoms with Crippen LogP contribution in [0.3, 0.4) is 0 Å². The maximum absolute atomic E-state index is 13.1.